The number of anilines is 1. The zero-order valence-corrected chi connectivity index (χ0v) is 16.9. The Balaban J connectivity index is 1.69. The lowest BCUT2D eigenvalue weighted by atomic mass is 10.1. The fourth-order valence-electron chi connectivity index (χ4n) is 2.94. The van der Waals surface area contributed by atoms with E-state index in [-0.39, 0.29) is 17.4 Å². The lowest BCUT2D eigenvalue weighted by molar-refractivity contribution is -0.137. The van der Waals surface area contributed by atoms with Gasteiger partial charge >= 0.3 is 5.97 Å². The molecule has 1 amide bonds. The highest BCUT2D eigenvalue weighted by Crippen LogP contribution is 2.41. The van der Waals surface area contributed by atoms with Gasteiger partial charge in [-0.2, -0.15) is 5.10 Å². The van der Waals surface area contributed by atoms with Crippen molar-refractivity contribution in [3.63, 3.8) is 0 Å². The van der Waals surface area contributed by atoms with E-state index in [1.165, 1.54) is 6.08 Å². The molecule has 1 fully saturated rings. The number of amides is 1. The zero-order chi connectivity index (χ0) is 20.3. The molecule has 0 saturated heterocycles. The summed E-state index contributed by atoms with van der Waals surface area (Å²) in [5.41, 5.74) is 2.93. The predicted molar refractivity (Wildman–Crippen MR) is 109 cm³/mol. The number of rotatable bonds is 6. The highest BCUT2D eigenvalue weighted by atomic mass is 16.5. The number of ether oxygens (including phenoxy) is 1. The molecule has 1 aliphatic rings. The molecule has 28 heavy (non-hydrogen) atoms. The van der Waals surface area contributed by atoms with Gasteiger partial charge < -0.3 is 10.1 Å². The van der Waals surface area contributed by atoms with Crippen molar-refractivity contribution in [2.45, 2.75) is 52.0 Å². The Morgan fingerprint density at radius 3 is 2.50 bits per heavy atom. The van der Waals surface area contributed by atoms with Gasteiger partial charge in [0.25, 0.3) is 5.91 Å². The normalized spacial score (nSPS) is 14.3. The van der Waals surface area contributed by atoms with Crippen LogP contribution < -0.4 is 5.32 Å². The van der Waals surface area contributed by atoms with Crippen molar-refractivity contribution < 1.29 is 14.3 Å². The van der Waals surface area contributed by atoms with Crippen LogP contribution in [0.4, 0.5) is 5.69 Å². The van der Waals surface area contributed by atoms with Crippen molar-refractivity contribution in [2.75, 3.05) is 11.9 Å². The van der Waals surface area contributed by atoms with Gasteiger partial charge in [-0.15, -0.1) is 0 Å². The van der Waals surface area contributed by atoms with E-state index in [2.05, 4.69) is 31.2 Å². The van der Waals surface area contributed by atoms with Crippen molar-refractivity contribution in [1.82, 2.24) is 9.78 Å². The lowest BCUT2D eigenvalue weighted by Crippen LogP contribution is -2.25. The minimum atomic E-state index is -0.374. The quantitative estimate of drug-likeness (QED) is 0.597. The minimum absolute atomic E-state index is 0.163. The average Bonchev–Trinajstić information content (AvgIpc) is 3.38. The molecule has 0 spiro atoms. The summed E-state index contributed by atoms with van der Waals surface area (Å²) in [6.45, 7) is 8.39. The van der Waals surface area contributed by atoms with E-state index in [9.17, 15) is 9.59 Å². The van der Waals surface area contributed by atoms with Crippen LogP contribution in [0.5, 0.6) is 0 Å². The Morgan fingerprint density at radius 1 is 1.25 bits per heavy atom. The summed E-state index contributed by atoms with van der Waals surface area (Å²) in [5, 5.41) is 7.46. The van der Waals surface area contributed by atoms with Crippen LogP contribution in [0.2, 0.25) is 0 Å². The highest BCUT2D eigenvalue weighted by molar-refractivity contribution is 6.03. The lowest BCUT2D eigenvalue weighted by Gasteiger charge is -2.22. The maximum atomic E-state index is 12.7. The van der Waals surface area contributed by atoms with E-state index >= 15 is 0 Å². The summed E-state index contributed by atoms with van der Waals surface area (Å²) in [6.07, 6.45) is 5.37. The van der Waals surface area contributed by atoms with E-state index in [1.807, 2.05) is 22.9 Å². The third-order valence-electron chi connectivity index (χ3n) is 4.47. The summed E-state index contributed by atoms with van der Waals surface area (Å²) < 4.78 is 6.83. The molecule has 2 aromatic rings. The third kappa shape index (κ3) is 4.88. The molecule has 0 aliphatic heterocycles. The molecule has 6 heteroatoms. The Morgan fingerprint density at radius 2 is 1.93 bits per heavy atom. The van der Waals surface area contributed by atoms with Gasteiger partial charge in [-0.05, 0) is 70.4 Å². The van der Waals surface area contributed by atoms with Gasteiger partial charge in [0.1, 0.15) is 0 Å². The number of hydrogen-bond acceptors (Lipinski definition) is 4. The molecule has 3 rings (SSSR count). The van der Waals surface area contributed by atoms with Crippen LogP contribution in [0.1, 0.15) is 68.2 Å². The fourth-order valence-corrected chi connectivity index (χ4v) is 2.94. The molecule has 1 aliphatic carbocycles. The molecular weight excluding hydrogens is 354 g/mol. The number of benzene rings is 1. The van der Waals surface area contributed by atoms with Crippen LogP contribution in [0.15, 0.2) is 36.4 Å². The Kier molecular flexibility index (Phi) is 5.68. The molecule has 0 bridgehead atoms. The minimum Gasteiger partial charge on any atom is -0.463 e. The highest BCUT2D eigenvalue weighted by Gasteiger charge is 2.32. The third-order valence-corrected chi connectivity index (χ3v) is 4.47. The summed E-state index contributed by atoms with van der Waals surface area (Å²) in [5.74, 6) is -0.0840. The Hall–Kier alpha value is -2.89. The van der Waals surface area contributed by atoms with Crippen molar-refractivity contribution in [2.24, 2.45) is 0 Å². The van der Waals surface area contributed by atoms with Crippen LogP contribution in [0.3, 0.4) is 0 Å². The molecule has 0 radical (unpaired) electrons. The number of nitrogens with zero attached hydrogens (tertiary/aromatic N) is 2. The predicted octanol–water partition coefficient (Wildman–Crippen LogP) is 4.34. The molecule has 1 heterocycles. The van der Waals surface area contributed by atoms with Gasteiger partial charge in [-0.3, -0.25) is 9.48 Å². The smallest absolute Gasteiger partial charge is 0.330 e. The van der Waals surface area contributed by atoms with Gasteiger partial charge in [-0.1, -0.05) is 12.1 Å². The topological polar surface area (TPSA) is 73.2 Å². The number of carbonyl (C=O) groups is 2. The first-order valence-electron chi connectivity index (χ1n) is 9.64. The van der Waals surface area contributed by atoms with Gasteiger partial charge in [0.2, 0.25) is 0 Å². The van der Waals surface area contributed by atoms with Crippen LogP contribution in [0.25, 0.3) is 6.08 Å². The summed E-state index contributed by atoms with van der Waals surface area (Å²) >= 11 is 0. The first-order valence-corrected chi connectivity index (χ1v) is 9.64. The second-order valence-corrected chi connectivity index (χ2v) is 7.97. The van der Waals surface area contributed by atoms with Crippen molar-refractivity contribution in [1.29, 1.82) is 0 Å². The average molecular weight is 381 g/mol. The van der Waals surface area contributed by atoms with Crippen LogP contribution in [-0.4, -0.2) is 28.3 Å². The van der Waals surface area contributed by atoms with E-state index in [4.69, 9.17) is 4.74 Å². The van der Waals surface area contributed by atoms with Gasteiger partial charge in [0, 0.05) is 23.4 Å². The van der Waals surface area contributed by atoms with Crippen LogP contribution in [-0.2, 0) is 15.1 Å². The number of aromatic nitrogens is 2. The SMILES string of the molecule is CCOC(=O)/C=C\c1ccc(NC(=O)c2cc(C3CC3)n(C(C)(C)C)n2)cc1. The number of hydrogen-bond donors (Lipinski definition) is 1. The van der Waals surface area contributed by atoms with Crippen molar-refractivity contribution in [3.8, 4) is 0 Å². The van der Waals surface area contributed by atoms with E-state index in [1.54, 1.807) is 25.1 Å². The Labute approximate surface area is 165 Å². The molecule has 1 N–H and O–H groups in total. The molecule has 6 nitrogen and oxygen atoms in total. The van der Waals surface area contributed by atoms with Gasteiger partial charge in [0.15, 0.2) is 5.69 Å². The molecule has 1 aromatic heterocycles. The summed E-state index contributed by atoms with van der Waals surface area (Å²) in [6, 6.07) is 9.16. The summed E-state index contributed by atoms with van der Waals surface area (Å²) in [7, 11) is 0. The van der Waals surface area contributed by atoms with Crippen LogP contribution in [0, 0.1) is 0 Å². The standard InChI is InChI=1S/C22H27N3O3/c1-5-28-20(26)13-8-15-6-11-17(12-7-15)23-21(27)18-14-19(16-9-10-16)25(24-18)22(2,3)4/h6-8,11-14,16H,5,9-10H2,1-4H3,(H,23,27)/b13-8-. The molecule has 148 valence electrons. The van der Waals surface area contributed by atoms with Gasteiger partial charge in [-0.25, -0.2) is 4.79 Å². The van der Waals surface area contributed by atoms with E-state index in [0.29, 0.717) is 23.9 Å². The Bertz CT molecular complexity index is 885. The molecule has 1 aromatic carbocycles. The zero-order valence-electron chi connectivity index (χ0n) is 16.9. The second-order valence-electron chi connectivity index (χ2n) is 7.97. The largest absolute Gasteiger partial charge is 0.463 e. The number of nitrogens with one attached hydrogen (secondary N) is 1. The second kappa shape index (κ2) is 8.00. The maximum Gasteiger partial charge on any atom is 0.330 e. The molecule has 0 atom stereocenters. The molecule has 1 saturated carbocycles. The molecular formula is C22H27N3O3. The summed E-state index contributed by atoms with van der Waals surface area (Å²) in [4.78, 5) is 24.0. The van der Waals surface area contributed by atoms with Gasteiger partial charge in [0.05, 0.1) is 12.1 Å². The first kappa shape index (κ1) is 19.9. The maximum absolute atomic E-state index is 12.7. The first-order chi connectivity index (χ1) is 13.3. The number of carbonyl (C=O) groups excluding carboxylic acids is 2. The fraction of sp³-hybridized carbons (Fsp3) is 0.409. The van der Waals surface area contributed by atoms with E-state index < -0.39 is 0 Å². The van der Waals surface area contributed by atoms with Crippen molar-refractivity contribution in [3.05, 3.63) is 53.4 Å². The van der Waals surface area contributed by atoms with E-state index in [0.717, 1.165) is 24.1 Å². The monoisotopic (exact) mass is 381 g/mol. The van der Waals surface area contributed by atoms with Crippen molar-refractivity contribution >= 4 is 23.6 Å². The number of esters is 1. The van der Waals surface area contributed by atoms with Crippen LogP contribution >= 0.6 is 0 Å². The molecule has 0 unspecified atom stereocenters.